The van der Waals surface area contributed by atoms with E-state index in [2.05, 4.69) is 84.3 Å². The Labute approximate surface area is 212 Å². The van der Waals surface area contributed by atoms with Crippen LogP contribution in [0, 0.1) is 0 Å². The van der Waals surface area contributed by atoms with Crippen LogP contribution in [0.2, 0.25) is 0 Å². The van der Waals surface area contributed by atoms with Crippen LogP contribution in [0.1, 0.15) is 62.1 Å². The lowest BCUT2D eigenvalue weighted by Crippen LogP contribution is -2.10. The standard InChI is InChI=1S/C31H32N4O/c1-4-6-7-9-29-33-26-13-11-20-14-24-22(15-25(20)30(26)35-29)18-36-28-16-21(10-12-23(24)28)27-17-32-31(34-27)19(3)8-5-2/h6-8,10,12,14-17H,4-5,9,11,13,18H2,1-3H3,(H,32,34)(H,33,35). The summed E-state index contributed by atoms with van der Waals surface area (Å²) in [5, 5.41) is 0. The van der Waals surface area contributed by atoms with Crippen molar-refractivity contribution >= 4 is 5.57 Å². The van der Waals surface area contributed by atoms with Crippen molar-refractivity contribution in [2.45, 2.75) is 59.5 Å². The van der Waals surface area contributed by atoms with E-state index in [1.165, 1.54) is 33.5 Å². The average Bonchev–Trinajstić information content (AvgIpc) is 3.55. The van der Waals surface area contributed by atoms with Crippen LogP contribution in [0.3, 0.4) is 0 Å². The van der Waals surface area contributed by atoms with Crippen LogP contribution >= 0.6 is 0 Å². The maximum atomic E-state index is 6.27. The third kappa shape index (κ3) is 3.98. The van der Waals surface area contributed by atoms with E-state index in [4.69, 9.17) is 9.72 Å². The van der Waals surface area contributed by atoms with Gasteiger partial charge in [-0.15, -0.1) is 0 Å². The lowest BCUT2D eigenvalue weighted by atomic mass is 9.85. The SMILES string of the molecule is CCC=CCc1nc2c([nH]1)CCc1cc3c(cc1-2)COc1cc(-c2cnc(C(C)=CCC)[nH]2)ccc1-3. The number of imidazole rings is 2. The number of aromatic amines is 2. The van der Waals surface area contributed by atoms with Crippen molar-refractivity contribution < 1.29 is 4.74 Å². The molecule has 2 aromatic carbocycles. The number of hydrogen-bond donors (Lipinski definition) is 2. The summed E-state index contributed by atoms with van der Waals surface area (Å²) in [6.07, 6.45) is 13.4. The van der Waals surface area contributed by atoms with Crippen LogP contribution in [0.25, 0.3) is 39.2 Å². The molecule has 2 aliphatic rings. The Bertz CT molecular complexity index is 1500. The number of hydrogen-bond acceptors (Lipinski definition) is 3. The topological polar surface area (TPSA) is 66.6 Å². The highest BCUT2D eigenvalue weighted by Crippen LogP contribution is 2.43. The Morgan fingerprint density at radius 2 is 1.86 bits per heavy atom. The molecule has 2 N–H and O–H groups in total. The van der Waals surface area contributed by atoms with Gasteiger partial charge in [0.1, 0.15) is 24.0 Å². The van der Waals surface area contributed by atoms with Gasteiger partial charge in [0.15, 0.2) is 0 Å². The second-order valence-corrected chi connectivity index (χ2v) is 9.70. The second kappa shape index (κ2) is 9.30. The summed E-state index contributed by atoms with van der Waals surface area (Å²) in [4.78, 5) is 16.6. The molecule has 4 aromatic rings. The van der Waals surface area contributed by atoms with Crippen molar-refractivity contribution in [2.24, 2.45) is 0 Å². The predicted molar refractivity (Wildman–Crippen MR) is 146 cm³/mol. The first-order valence-electron chi connectivity index (χ1n) is 13.0. The molecule has 0 unspecified atom stereocenters. The van der Waals surface area contributed by atoms with Gasteiger partial charge in [-0.25, -0.2) is 9.97 Å². The molecule has 3 heterocycles. The van der Waals surface area contributed by atoms with Gasteiger partial charge in [0.25, 0.3) is 0 Å². The van der Waals surface area contributed by atoms with Crippen molar-refractivity contribution in [3.8, 4) is 39.4 Å². The van der Waals surface area contributed by atoms with Gasteiger partial charge >= 0.3 is 0 Å². The van der Waals surface area contributed by atoms with Crippen molar-refractivity contribution in [1.29, 1.82) is 0 Å². The highest BCUT2D eigenvalue weighted by atomic mass is 16.5. The molecule has 5 nitrogen and oxygen atoms in total. The molecule has 0 fully saturated rings. The Morgan fingerprint density at radius 3 is 2.72 bits per heavy atom. The summed E-state index contributed by atoms with van der Waals surface area (Å²) in [7, 11) is 0. The zero-order chi connectivity index (χ0) is 24.6. The second-order valence-electron chi connectivity index (χ2n) is 9.70. The zero-order valence-electron chi connectivity index (χ0n) is 21.2. The summed E-state index contributed by atoms with van der Waals surface area (Å²) in [5.74, 6) is 2.90. The van der Waals surface area contributed by atoms with E-state index in [0.29, 0.717) is 6.61 Å². The van der Waals surface area contributed by atoms with Crippen LogP contribution in [0.5, 0.6) is 5.75 Å². The molecular formula is C31H32N4O. The van der Waals surface area contributed by atoms with E-state index in [-0.39, 0.29) is 0 Å². The third-order valence-electron chi connectivity index (χ3n) is 7.20. The molecule has 5 heteroatoms. The summed E-state index contributed by atoms with van der Waals surface area (Å²) < 4.78 is 6.27. The molecule has 0 radical (unpaired) electrons. The number of aryl methyl sites for hydroxylation is 2. The van der Waals surface area contributed by atoms with Gasteiger partial charge in [0.2, 0.25) is 0 Å². The lowest BCUT2D eigenvalue weighted by Gasteiger charge is -2.25. The fraction of sp³-hybridized carbons (Fsp3) is 0.290. The van der Waals surface area contributed by atoms with Gasteiger partial charge in [-0.3, -0.25) is 0 Å². The molecule has 1 aliphatic heterocycles. The molecule has 0 spiro atoms. The quantitative estimate of drug-likeness (QED) is 0.284. The van der Waals surface area contributed by atoms with Crippen LogP contribution in [0.4, 0.5) is 0 Å². The smallest absolute Gasteiger partial charge is 0.133 e. The summed E-state index contributed by atoms with van der Waals surface area (Å²) in [6, 6.07) is 11.2. The number of nitrogens with zero attached hydrogens (tertiary/aromatic N) is 2. The number of benzene rings is 2. The molecule has 36 heavy (non-hydrogen) atoms. The Kier molecular flexibility index (Phi) is 5.84. The maximum absolute atomic E-state index is 6.27. The molecule has 2 aromatic heterocycles. The molecule has 0 atom stereocenters. The Balaban J connectivity index is 1.32. The summed E-state index contributed by atoms with van der Waals surface area (Å²) >= 11 is 0. The minimum atomic E-state index is 0.567. The van der Waals surface area contributed by atoms with Gasteiger partial charge < -0.3 is 14.7 Å². The van der Waals surface area contributed by atoms with E-state index >= 15 is 0 Å². The molecule has 0 saturated heterocycles. The maximum Gasteiger partial charge on any atom is 0.133 e. The van der Waals surface area contributed by atoms with E-state index < -0.39 is 0 Å². The normalized spacial score (nSPS) is 14.2. The number of H-pyrrole nitrogens is 2. The van der Waals surface area contributed by atoms with E-state index in [1.54, 1.807) is 0 Å². The van der Waals surface area contributed by atoms with Gasteiger partial charge in [0, 0.05) is 28.8 Å². The number of ether oxygens (including phenoxy) is 1. The number of fused-ring (bicyclic) bond motifs is 6. The number of nitrogens with one attached hydrogen (secondary N) is 2. The Hall–Kier alpha value is -3.86. The highest BCUT2D eigenvalue weighted by Gasteiger charge is 2.25. The summed E-state index contributed by atoms with van der Waals surface area (Å²) in [6.45, 7) is 6.96. The first-order valence-corrected chi connectivity index (χ1v) is 13.0. The first-order chi connectivity index (χ1) is 17.6. The molecule has 0 bridgehead atoms. The summed E-state index contributed by atoms with van der Waals surface area (Å²) in [5.41, 5.74) is 11.9. The number of aromatic nitrogens is 4. The fourth-order valence-corrected chi connectivity index (χ4v) is 5.33. The molecule has 6 rings (SSSR count). The Morgan fingerprint density at radius 1 is 0.972 bits per heavy atom. The van der Waals surface area contributed by atoms with Crippen molar-refractivity contribution in [3.63, 3.8) is 0 Å². The third-order valence-corrected chi connectivity index (χ3v) is 7.20. The molecule has 182 valence electrons. The van der Waals surface area contributed by atoms with Gasteiger partial charge in [-0.1, -0.05) is 38.1 Å². The molecule has 1 aliphatic carbocycles. The first kappa shape index (κ1) is 22.6. The predicted octanol–water partition coefficient (Wildman–Crippen LogP) is 7.45. The van der Waals surface area contributed by atoms with Crippen LogP contribution < -0.4 is 4.74 Å². The van der Waals surface area contributed by atoms with Gasteiger partial charge in [-0.05, 0) is 79.1 Å². The average molecular weight is 477 g/mol. The van der Waals surface area contributed by atoms with E-state index in [0.717, 1.165) is 72.0 Å². The van der Waals surface area contributed by atoms with E-state index in [1.807, 2.05) is 6.20 Å². The zero-order valence-corrected chi connectivity index (χ0v) is 21.2. The number of rotatable bonds is 6. The molecule has 0 saturated carbocycles. The monoisotopic (exact) mass is 476 g/mol. The number of allylic oxidation sites excluding steroid dienone is 4. The largest absolute Gasteiger partial charge is 0.488 e. The van der Waals surface area contributed by atoms with Crippen LogP contribution in [0.15, 0.2) is 54.8 Å². The van der Waals surface area contributed by atoms with Crippen molar-refractivity contribution in [2.75, 3.05) is 0 Å². The van der Waals surface area contributed by atoms with Crippen LogP contribution in [-0.4, -0.2) is 19.9 Å². The van der Waals surface area contributed by atoms with Crippen molar-refractivity contribution in [3.05, 3.63) is 83.2 Å². The molecule has 0 amide bonds. The minimum absolute atomic E-state index is 0.567. The van der Waals surface area contributed by atoms with E-state index in [9.17, 15) is 0 Å². The van der Waals surface area contributed by atoms with Crippen LogP contribution in [-0.2, 0) is 25.9 Å². The van der Waals surface area contributed by atoms with Gasteiger partial charge in [-0.2, -0.15) is 0 Å². The van der Waals surface area contributed by atoms with Gasteiger partial charge in [0.05, 0.1) is 17.6 Å². The van der Waals surface area contributed by atoms with Crippen molar-refractivity contribution in [1.82, 2.24) is 19.9 Å². The molecular weight excluding hydrogens is 444 g/mol. The highest BCUT2D eigenvalue weighted by molar-refractivity contribution is 5.83. The fourth-order valence-electron chi connectivity index (χ4n) is 5.33. The minimum Gasteiger partial charge on any atom is -0.488 e. The lowest BCUT2D eigenvalue weighted by molar-refractivity contribution is 0.302.